The molecular weight excluding hydrogens is 344 g/mol. The second-order valence-corrected chi connectivity index (χ2v) is 6.33. The van der Waals surface area contributed by atoms with Crippen molar-refractivity contribution in [3.63, 3.8) is 0 Å². The number of nitrogens with one attached hydrogen (secondary N) is 1. The van der Waals surface area contributed by atoms with Crippen molar-refractivity contribution in [2.24, 2.45) is 0 Å². The second-order valence-electron chi connectivity index (χ2n) is 6.33. The molecule has 6 heteroatoms. The van der Waals surface area contributed by atoms with Gasteiger partial charge in [-0.25, -0.2) is 0 Å². The summed E-state index contributed by atoms with van der Waals surface area (Å²) in [5, 5.41) is 11.6. The highest BCUT2D eigenvalue weighted by Crippen LogP contribution is 2.35. The van der Waals surface area contributed by atoms with Crippen molar-refractivity contribution in [1.29, 1.82) is 5.26 Å². The van der Waals surface area contributed by atoms with Gasteiger partial charge < -0.3 is 19.5 Å². The Morgan fingerprint density at radius 1 is 1.30 bits per heavy atom. The van der Waals surface area contributed by atoms with Crippen LogP contribution < -0.4 is 19.5 Å². The van der Waals surface area contributed by atoms with Crippen LogP contribution in [0.25, 0.3) is 0 Å². The van der Waals surface area contributed by atoms with E-state index in [4.69, 9.17) is 19.5 Å². The molecule has 0 aliphatic carbocycles. The summed E-state index contributed by atoms with van der Waals surface area (Å²) >= 11 is 0. The molecule has 1 heterocycles. The fourth-order valence-corrected chi connectivity index (χ4v) is 2.93. The molecule has 0 aromatic heterocycles. The molecule has 0 radical (unpaired) electrons. The van der Waals surface area contributed by atoms with Crippen molar-refractivity contribution in [3.8, 4) is 23.3 Å². The number of hydrogen-bond donors (Lipinski definition) is 1. The van der Waals surface area contributed by atoms with Crippen molar-refractivity contribution in [2.75, 3.05) is 13.2 Å². The van der Waals surface area contributed by atoms with Gasteiger partial charge in [0.05, 0.1) is 18.2 Å². The van der Waals surface area contributed by atoms with Gasteiger partial charge in [-0.15, -0.1) is 0 Å². The summed E-state index contributed by atoms with van der Waals surface area (Å²) in [5.74, 6) is 1.92. The van der Waals surface area contributed by atoms with Crippen molar-refractivity contribution >= 4 is 5.91 Å². The Balaban J connectivity index is 1.58. The Morgan fingerprint density at radius 3 is 2.78 bits per heavy atom. The summed E-state index contributed by atoms with van der Waals surface area (Å²) < 4.78 is 17.0. The average molecular weight is 366 g/mol. The van der Waals surface area contributed by atoms with Gasteiger partial charge in [0.1, 0.15) is 23.4 Å². The van der Waals surface area contributed by atoms with Gasteiger partial charge in [0.2, 0.25) is 0 Å². The lowest BCUT2D eigenvalue weighted by atomic mass is 10.1. The van der Waals surface area contributed by atoms with Crippen LogP contribution >= 0.6 is 0 Å². The predicted octanol–water partition coefficient (Wildman–Crippen LogP) is 2.98. The van der Waals surface area contributed by atoms with E-state index in [0.717, 1.165) is 29.0 Å². The minimum absolute atomic E-state index is 0.103. The first-order valence-corrected chi connectivity index (χ1v) is 8.94. The molecule has 2 aromatic carbocycles. The van der Waals surface area contributed by atoms with Crippen LogP contribution in [0.3, 0.4) is 0 Å². The van der Waals surface area contributed by atoms with Gasteiger partial charge in [0.15, 0.2) is 6.61 Å². The number of amides is 1. The summed E-state index contributed by atoms with van der Waals surface area (Å²) in [6.07, 6.45) is 1.01. The molecule has 0 saturated heterocycles. The highest BCUT2D eigenvalue weighted by Gasteiger charge is 2.22. The number of carbonyl (C=O) groups is 1. The van der Waals surface area contributed by atoms with Crippen LogP contribution in [0.2, 0.25) is 0 Å². The Morgan fingerprint density at radius 2 is 2.07 bits per heavy atom. The molecule has 140 valence electrons. The Labute approximate surface area is 158 Å². The third-order valence-electron chi connectivity index (χ3n) is 4.21. The SMILES string of the molecule is CCOc1cc2c(cc1CNC(=O)COc1ccc(C#N)cc1)O[C@@H](C)C2. The van der Waals surface area contributed by atoms with Crippen molar-refractivity contribution in [2.45, 2.75) is 32.9 Å². The molecule has 0 spiro atoms. The summed E-state index contributed by atoms with van der Waals surface area (Å²) in [6, 6.07) is 12.6. The van der Waals surface area contributed by atoms with E-state index in [1.54, 1.807) is 24.3 Å². The molecule has 1 amide bonds. The highest BCUT2D eigenvalue weighted by molar-refractivity contribution is 5.77. The molecule has 1 N–H and O–H groups in total. The lowest BCUT2D eigenvalue weighted by Gasteiger charge is -2.13. The van der Waals surface area contributed by atoms with E-state index in [-0.39, 0.29) is 18.6 Å². The van der Waals surface area contributed by atoms with E-state index < -0.39 is 0 Å². The Kier molecular flexibility index (Phi) is 5.82. The van der Waals surface area contributed by atoms with E-state index in [0.29, 0.717) is 24.5 Å². The summed E-state index contributed by atoms with van der Waals surface area (Å²) in [4.78, 5) is 12.1. The number of benzene rings is 2. The zero-order valence-electron chi connectivity index (χ0n) is 15.5. The quantitative estimate of drug-likeness (QED) is 0.815. The fourth-order valence-electron chi connectivity index (χ4n) is 2.93. The molecule has 2 aromatic rings. The average Bonchev–Trinajstić information content (AvgIpc) is 3.04. The van der Waals surface area contributed by atoms with E-state index in [1.807, 2.05) is 32.0 Å². The molecule has 0 bridgehead atoms. The minimum Gasteiger partial charge on any atom is -0.494 e. The maximum atomic E-state index is 12.1. The molecule has 27 heavy (non-hydrogen) atoms. The lowest BCUT2D eigenvalue weighted by Crippen LogP contribution is -2.28. The maximum absolute atomic E-state index is 12.1. The molecule has 1 aliphatic rings. The van der Waals surface area contributed by atoms with Crippen LogP contribution in [0.1, 0.15) is 30.5 Å². The zero-order chi connectivity index (χ0) is 19.2. The van der Waals surface area contributed by atoms with Gasteiger partial charge in [-0.05, 0) is 50.2 Å². The molecule has 0 saturated carbocycles. The summed E-state index contributed by atoms with van der Waals surface area (Å²) in [7, 11) is 0. The predicted molar refractivity (Wildman–Crippen MR) is 99.9 cm³/mol. The third kappa shape index (κ3) is 4.70. The zero-order valence-corrected chi connectivity index (χ0v) is 15.5. The van der Waals surface area contributed by atoms with Gasteiger partial charge >= 0.3 is 0 Å². The molecule has 0 unspecified atom stereocenters. The first-order chi connectivity index (χ1) is 13.1. The molecular formula is C21H22N2O4. The smallest absolute Gasteiger partial charge is 0.258 e. The summed E-state index contributed by atoms with van der Waals surface area (Å²) in [5.41, 5.74) is 2.55. The number of nitriles is 1. The van der Waals surface area contributed by atoms with Crippen LogP contribution in [0.5, 0.6) is 17.2 Å². The normalized spacial score (nSPS) is 14.6. The first kappa shape index (κ1) is 18.6. The fraction of sp³-hybridized carbons (Fsp3) is 0.333. The van der Waals surface area contributed by atoms with Gasteiger partial charge in [-0.3, -0.25) is 4.79 Å². The topological polar surface area (TPSA) is 80.6 Å². The van der Waals surface area contributed by atoms with Gasteiger partial charge in [-0.2, -0.15) is 5.26 Å². The van der Waals surface area contributed by atoms with E-state index in [9.17, 15) is 4.79 Å². The van der Waals surface area contributed by atoms with E-state index >= 15 is 0 Å². The van der Waals surface area contributed by atoms with Gasteiger partial charge in [0, 0.05) is 24.1 Å². The van der Waals surface area contributed by atoms with Crippen LogP contribution in [0, 0.1) is 11.3 Å². The van der Waals surface area contributed by atoms with Crippen LogP contribution in [-0.2, 0) is 17.8 Å². The Hall–Kier alpha value is -3.20. The molecule has 0 fully saturated rings. The number of hydrogen-bond acceptors (Lipinski definition) is 5. The van der Waals surface area contributed by atoms with Gasteiger partial charge in [-0.1, -0.05) is 0 Å². The van der Waals surface area contributed by atoms with E-state index in [2.05, 4.69) is 5.32 Å². The van der Waals surface area contributed by atoms with Crippen molar-refractivity contribution in [3.05, 3.63) is 53.1 Å². The number of carbonyl (C=O) groups excluding carboxylic acids is 1. The highest BCUT2D eigenvalue weighted by atomic mass is 16.5. The van der Waals surface area contributed by atoms with E-state index in [1.165, 1.54) is 0 Å². The largest absolute Gasteiger partial charge is 0.494 e. The van der Waals surface area contributed by atoms with Crippen molar-refractivity contribution < 1.29 is 19.0 Å². The monoisotopic (exact) mass is 366 g/mol. The maximum Gasteiger partial charge on any atom is 0.258 e. The lowest BCUT2D eigenvalue weighted by molar-refractivity contribution is -0.123. The summed E-state index contributed by atoms with van der Waals surface area (Å²) in [6.45, 7) is 4.74. The molecule has 6 nitrogen and oxygen atoms in total. The number of ether oxygens (including phenoxy) is 3. The Bertz CT molecular complexity index is 856. The molecule has 1 atom stereocenters. The minimum atomic E-state index is -0.239. The first-order valence-electron chi connectivity index (χ1n) is 8.94. The van der Waals surface area contributed by atoms with Crippen LogP contribution in [0.4, 0.5) is 0 Å². The third-order valence-corrected chi connectivity index (χ3v) is 4.21. The number of fused-ring (bicyclic) bond motifs is 1. The number of nitrogens with zero attached hydrogens (tertiary/aromatic N) is 1. The van der Waals surface area contributed by atoms with Crippen LogP contribution in [0.15, 0.2) is 36.4 Å². The van der Waals surface area contributed by atoms with Gasteiger partial charge in [0.25, 0.3) is 5.91 Å². The molecule has 1 aliphatic heterocycles. The molecule has 3 rings (SSSR count). The van der Waals surface area contributed by atoms with Crippen LogP contribution in [-0.4, -0.2) is 25.2 Å². The standard InChI is InChI=1S/C21H22N2O4/c1-3-25-19-9-16-8-14(2)27-20(16)10-17(19)12-23-21(24)13-26-18-6-4-15(11-22)5-7-18/h4-7,9-10,14H,3,8,12-13H2,1-2H3,(H,23,24)/t14-/m0/s1. The second kappa shape index (κ2) is 8.45. The number of rotatable bonds is 7. The van der Waals surface area contributed by atoms with Crippen molar-refractivity contribution in [1.82, 2.24) is 5.32 Å².